The number of H-pyrrole nitrogens is 1. The van der Waals surface area contributed by atoms with Gasteiger partial charge >= 0.3 is 0 Å². The third-order valence-corrected chi connectivity index (χ3v) is 3.83. The van der Waals surface area contributed by atoms with E-state index in [1.165, 1.54) is 16.2 Å². The van der Waals surface area contributed by atoms with Gasteiger partial charge in [-0.25, -0.2) is 4.98 Å². The highest BCUT2D eigenvalue weighted by molar-refractivity contribution is 6.05. The van der Waals surface area contributed by atoms with E-state index in [0.29, 0.717) is 0 Å². The number of fused-ring (bicyclic) bond motifs is 4. The number of imidazole rings is 1. The number of nitrogens with one attached hydrogen (secondary N) is 1. The summed E-state index contributed by atoms with van der Waals surface area (Å²) >= 11 is 0. The minimum atomic E-state index is 1.03. The molecule has 0 bridgehead atoms. The van der Waals surface area contributed by atoms with E-state index in [4.69, 9.17) is 0 Å². The standard InChI is InChI=1S/C13H9N.C7H6N2/c1-2-6-11-10(5-1)9-14-13-8-4-3-7-12(11)13;1-2-4-7-6(3-1)8-5-9-7/h1-9H;1-5H,(H,8,9). The van der Waals surface area contributed by atoms with Gasteiger partial charge in [0.25, 0.3) is 0 Å². The molecule has 5 rings (SSSR count). The number of hydrogen-bond acceptors (Lipinski definition) is 2. The average Bonchev–Trinajstić information content (AvgIpc) is 3.11. The quantitative estimate of drug-likeness (QED) is 0.411. The van der Waals surface area contributed by atoms with Gasteiger partial charge in [0, 0.05) is 17.0 Å². The van der Waals surface area contributed by atoms with Crippen LogP contribution in [-0.2, 0) is 0 Å². The highest BCUT2D eigenvalue weighted by Gasteiger charge is 1.98. The molecule has 0 spiro atoms. The fraction of sp³-hybridized carbons (Fsp3) is 0. The number of rotatable bonds is 0. The summed E-state index contributed by atoms with van der Waals surface area (Å²) in [6, 6.07) is 24.5. The molecule has 3 nitrogen and oxygen atoms in total. The second-order valence-electron chi connectivity index (χ2n) is 5.28. The molecule has 0 saturated heterocycles. The molecule has 23 heavy (non-hydrogen) atoms. The highest BCUT2D eigenvalue weighted by atomic mass is 14.9. The molecule has 3 aromatic carbocycles. The van der Waals surface area contributed by atoms with E-state index >= 15 is 0 Å². The van der Waals surface area contributed by atoms with Gasteiger partial charge in [0.15, 0.2) is 0 Å². The van der Waals surface area contributed by atoms with E-state index < -0.39 is 0 Å². The Balaban J connectivity index is 0.000000130. The van der Waals surface area contributed by atoms with Gasteiger partial charge in [-0.3, -0.25) is 4.98 Å². The minimum Gasteiger partial charge on any atom is -0.345 e. The molecule has 5 aromatic rings. The Morgan fingerprint density at radius 2 is 1.30 bits per heavy atom. The second-order valence-corrected chi connectivity index (χ2v) is 5.28. The Bertz CT molecular complexity index is 995. The van der Waals surface area contributed by atoms with Gasteiger partial charge in [-0.05, 0) is 23.6 Å². The first-order valence-electron chi connectivity index (χ1n) is 7.52. The minimum absolute atomic E-state index is 1.03. The van der Waals surface area contributed by atoms with Crippen LogP contribution in [0.1, 0.15) is 0 Å². The van der Waals surface area contributed by atoms with Gasteiger partial charge in [-0.15, -0.1) is 0 Å². The molecule has 0 aliphatic carbocycles. The summed E-state index contributed by atoms with van der Waals surface area (Å²) in [5.74, 6) is 0. The molecule has 110 valence electrons. The predicted octanol–water partition coefficient (Wildman–Crippen LogP) is 4.95. The summed E-state index contributed by atoms with van der Waals surface area (Å²) < 4.78 is 0. The van der Waals surface area contributed by atoms with Crippen LogP contribution in [0, 0.1) is 0 Å². The maximum Gasteiger partial charge on any atom is 0.0931 e. The lowest BCUT2D eigenvalue weighted by Crippen LogP contribution is -1.80. The molecule has 0 fully saturated rings. The summed E-state index contributed by atoms with van der Waals surface area (Å²) in [4.78, 5) is 11.5. The summed E-state index contributed by atoms with van der Waals surface area (Å²) in [5, 5.41) is 3.70. The molecule has 2 aromatic heterocycles. The Morgan fingerprint density at radius 1 is 0.609 bits per heavy atom. The van der Waals surface area contributed by atoms with Crippen molar-refractivity contribution in [1.82, 2.24) is 15.0 Å². The van der Waals surface area contributed by atoms with E-state index in [1.807, 2.05) is 48.7 Å². The number of aromatic nitrogens is 3. The largest absolute Gasteiger partial charge is 0.345 e. The maximum absolute atomic E-state index is 4.41. The third kappa shape index (κ3) is 2.64. The molecular formula is C20H15N3. The lowest BCUT2D eigenvalue weighted by molar-refractivity contribution is 1.34. The highest BCUT2D eigenvalue weighted by Crippen LogP contribution is 2.22. The number of benzene rings is 3. The zero-order valence-corrected chi connectivity index (χ0v) is 12.5. The van der Waals surface area contributed by atoms with E-state index in [2.05, 4.69) is 45.3 Å². The van der Waals surface area contributed by atoms with Crippen molar-refractivity contribution in [3.05, 3.63) is 85.3 Å². The summed E-state index contributed by atoms with van der Waals surface area (Å²) in [6.45, 7) is 0. The smallest absolute Gasteiger partial charge is 0.0931 e. The van der Waals surface area contributed by atoms with Crippen LogP contribution in [-0.4, -0.2) is 15.0 Å². The molecule has 0 atom stereocenters. The van der Waals surface area contributed by atoms with Gasteiger partial charge in [0.2, 0.25) is 0 Å². The van der Waals surface area contributed by atoms with Crippen molar-refractivity contribution in [2.75, 3.05) is 0 Å². The summed E-state index contributed by atoms with van der Waals surface area (Å²) in [5.41, 5.74) is 3.18. The Kier molecular flexibility index (Phi) is 3.45. The number of nitrogens with zero attached hydrogens (tertiary/aromatic N) is 2. The first kappa shape index (κ1) is 13.5. The SMILES string of the molecule is c1ccc2[nH]cnc2c1.c1ccc2c(c1)cnc1ccccc12. The van der Waals surface area contributed by atoms with Crippen molar-refractivity contribution in [2.24, 2.45) is 0 Å². The van der Waals surface area contributed by atoms with Crippen LogP contribution in [0.15, 0.2) is 85.3 Å². The topological polar surface area (TPSA) is 41.6 Å². The van der Waals surface area contributed by atoms with Gasteiger partial charge in [-0.2, -0.15) is 0 Å². The second kappa shape index (κ2) is 5.89. The Morgan fingerprint density at radius 3 is 2.17 bits per heavy atom. The molecule has 0 saturated carbocycles. The van der Waals surface area contributed by atoms with E-state index in [-0.39, 0.29) is 0 Å². The van der Waals surface area contributed by atoms with Crippen LogP contribution in [0.2, 0.25) is 0 Å². The lowest BCUT2D eigenvalue weighted by Gasteiger charge is -2.01. The van der Waals surface area contributed by atoms with Crippen LogP contribution in [0.3, 0.4) is 0 Å². The average molecular weight is 297 g/mol. The van der Waals surface area contributed by atoms with Gasteiger partial charge in [0.1, 0.15) is 0 Å². The monoisotopic (exact) mass is 297 g/mol. The van der Waals surface area contributed by atoms with E-state index in [1.54, 1.807) is 6.33 Å². The van der Waals surface area contributed by atoms with Crippen molar-refractivity contribution < 1.29 is 0 Å². The molecule has 1 N–H and O–H groups in total. The van der Waals surface area contributed by atoms with Crippen molar-refractivity contribution in [1.29, 1.82) is 0 Å². The normalized spacial score (nSPS) is 10.6. The van der Waals surface area contributed by atoms with Crippen molar-refractivity contribution in [3.8, 4) is 0 Å². The molecular weight excluding hydrogens is 282 g/mol. The Hall–Kier alpha value is -3.20. The summed E-state index contributed by atoms with van der Waals surface area (Å²) in [7, 11) is 0. The first-order chi connectivity index (χ1) is 11.4. The van der Waals surface area contributed by atoms with Crippen LogP contribution < -0.4 is 0 Å². The fourth-order valence-corrected chi connectivity index (χ4v) is 2.69. The third-order valence-electron chi connectivity index (χ3n) is 3.83. The molecule has 0 aliphatic rings. The maximum atomic E-state index is 4.41. The molecule has 2 heterocycles. The van der Waals surface area contributed by atoms with E-state index in [0.717, 1.165) is 16.6 Å². The van der Waals surface area contributed by atoms with Gasteiger partial charge in [0.05, 0.1) is 22.9 Å². The molecule has 0 unspecified atom stereocenters. The number of pyridine rings is 1. The number of para-hydroxylation sites is 3. The van der Waals surface area contributed by atoms with Crippen LogP contribution in [0.4, 0.5) is 0 Å². The van der Waals surface area contributed by atoms with Crippen molar-refractivity contribution in [2.45, 2.75) is 0 Å². The van der Waals surface area contributed by atoms with Crippen LogP contribution in [0.5, 0.6) is 0 Å². The molecule has 0 amide bonds. The molecule has 0 radical (unpaired) electrons. The zero-order chi connectivity index (χ0) is 15.5. The Labute approximate surface area is 133 Å². The van der Waals surface area contributed by atoms with E-state index in [9.17, 15) is 0 Å². The van der Waals surface area contributed by atoms with Crippen molar-refractivity contribution >= 4 is 32.7 Å². The first-order valence-corrected chi connectivity index (χ1v) is 7.52. The summed E-state index contributed by atoms with van der Waals surface area (Å²) in [6.07, 6.45) is 3.63. The lowest BCUT2D eigenvalue weighted by atomic mass is 10.1. The van der Waals surface area contributed by atoms with Crippen LogP contribution >= 0.6 is 0 Å². The number of hydrogen-bond donors (Lipinski definition) is 1. The zero-order valence-electron chi connectivity index (χ0n) is 12.5. The molecule has 0 aliphatic heterocycles. The van der Waals surface area contributed by atoms with Crippen molar-refractivity contribution in [3.63, 3.8) is 0 Å². The predicted molar refractivity (Wildman–Crippen MR) is 95.3 cm³/mol. The molecule has 3 heteroatoms. The van der Waals surface area contributed by atoms with Crippen LogP contribution in [0.25, 0.3) is 32.7 Å². The fourth-order valence-electron chi connectivity index (χ4n) is 2.69. The van der Waals surface area contributed by atoms with Gasteiger partial charge < -0.3 is 4.98 Å². The van der Waals surface area contributed by atoms with Gasteiger partial charge in [-0.1, -0.05) is 54.6 Å². The number of aromatic amines is 1.